The number of aromatic nitrogens is 1. The fraction of sp³-hybridized carbons (Fsp3) is 0.250. The monoisotopic (exact) mass is 504 g/mol. The molecule has 4 aromatic rings. The maximum Gasteiger partial charge on any atom is 0.270 e. The number of benzene rings is 3. The Balaban J connectivity index is 1.19. The van der Waals surface area contributed by atoms with E-state index < -0.39 is 0 Å². The van der Waals surface area contributed by atoms with Crippen molar-refractivity contribution in [2.45, 2.75) is 25.3 Å². The zero-order chi connectivity index (χ0) is 25.9. The third kappa shape index (κ3) is 5.00. The Morgan fingerprint density at radius 1 is 0.842 bits per heavy atom. The van der Waals surface area contributed by atoms with Crippen LogP contribution in [0.1, 0.15) is 33.5 Å². The Hall–Kier alpha value is -4.16. The predicted molar refractivity (Wildman–Crippen MR) is 151 cm³/mol. The Bertz CT molecular complexity index is 1480. The molecule has 1 aliphatic carbocycles. The summed E-state index contributed by atoms with van der Waals surface area (Å²) in [6.07, 6.45) is 7.02. The zero-order valence-corrected chi connectivity index (χ0v) is 21.4. The number of aryl methyl sites for hydroxylation is 1. The normalized spacial score (nSPS) is 18.3. The van der Waals surface area contributed by atoms with E-state index in [2.05, 4.69) is 39.5 Å². The maximum absolute atomic E-state index is 13.8. The molecule has 6 nitrogen and oxygen atoms in total. The minimum Gasteiger partial charge on any atom is -0.361 e. The molecular formula is C32H32N4O2. The number of para-hydroxylation sites is 1. The number of carbonyl (C=O) groups excluding carboxylic acids is 2. The van der Waals surface area contributed by atoms with E-state index in [4.69, 9.17) is 0 Å². The third-order valence-corrected chi connectivity index (χ3v) is 7.87. The molecule has 2 N–H and O–H groups in total. The number of nitrogens with zero attached hydrogens (tertiary/aromatic N) is 2. The lowest BCUT2D eigenvalue weighted by atomic mass is 9.87. The topological polar surface area (TPSA) is 68.4 Å². The summed E-state index contributed by atoms with van der Waals surface area (Å²) in [5.41, 5.74) is 5.60. The number of piperazine rings is 1. The molecule has 6 heteroatoms. The quantitative estimate of drug-likeness (QED) is 0.389. The van der Waals surface area contributed by atoms with Gasteiger partial charge < -0.3 is 15.2 Å². The fourth-order valence-corrected chi connectivity index (χ4v) is 5.75. The number of amides is 2. The summed E-state index contributed by atoms with van der Waals surface area (Å²) in [6, 6.07) is 26.2. The van der Waals surface area contributed by atoms with Crippen molar-refractivity contribution < 1.29 is 9.59 Å². The van der Waals surface area contributed by atoms with E-state index in [1.165, 1.54) is 11.1 Å². The van der Waals surface area contributed by atoms with Gasteiger partial charge in [-0.25, -0.2) is 0 Å². The van der Waals surface area contributed by atoms with Gasteiger partial charge in [-0.2, -0.15) is 0 Å². The van der Waals surface area contributed by atoms with Crippen molar-refractivity contribution in [3.63, 3.8) is 0 Å². The number of H-pyrrole nitrogens is 1. The Labute approximate surface area is 223 Å². The molecule has 192 valence electrons. The molecule has 0 saturated carbocycles. The fourth-order valence-electron chi connectivity index (χ4n) is 5.75. The molecule has 2 heterocycles. The van der Waals surface area contributed by atoms with Crippen LogP contribution >= 0.6 is 0 Å². The lowest BCUT2D eigenvalue weighted by molar-refractivity contribution is -0.129. The first kappa shape index (κ1) is 24.2. The molecule has 38 heavy (non-hydrogen) atoms. The van der Waals surface area contributed by atoms with Crippen LogP contribution in [0.5, 0.6) is 0 Å². The van der Waals surface area contributed by atoms with E-state index in [9.17, 15) is 9.59 Å². The molecule has 1 atom stereocenters. The lowest BCUT2D eigenvalue weighted by Crippen LogP contribution is -2.54. The first-order valence-electron chi connectivity index (χ1n) is 13.4. The van der Waals surface area contributed by atoms with Gasteiger partial charge in [-0.15, -0.1) is 0 Å². The van der Waals surface area contributed by atoms with Crippen LogP contribution in [0.25, 0.3) is 17.0 Å². The highest BCUT2D eigenvalue weighted by Crippen LogP contribution is 2.26. The van der Waals surface area contributed by atoms with Gasteiger partial charge in [0.15, 0.2) is 0 Å². The number of hydrogen-bond acceptors (Lipinski definition) is 3. The van der Waals surface area contributed by atoms with Crippen LogP contribution in [0, 0.1) is 0 Å². The summed E-state index contributed by atoms with van der Waals surface area (Å²) >= 11 is 0. The van der Waals surface area contributed by atoms with Crippen LogP contribution in [0.15, 0.2) is 90.8 Å². The van der Waals surface area contributed by atoms with E-state index in [1.54, 1.807) is 18.2 Å². The first-order valence-corrected chi connectivity index (χ1v) is 13.4. The van der Waals surface area contributed by atoms with Gasteiger partial charge in [0, 0.05) is 60.4 Å². The molecule has 2 amide bonds. The van der Waals surface area contributed by atoms with Crippen molar-refractivity contribution in [2.75, 3.05) is 26.2 Å². The number of hydrogen-bond donors (Lipinski definition) is 2. The van der Waals surface area contributed by atoms with Crippen molar-refractivity contribution >= 4 is 28.8 Å². The summed E-state index contributed by atoms with van der Waals surface area (Å²) in [7, 11) is 0. The second-order valence-corrected chi connectivity index (χ2v) is 10.2. The van der Waals surface area contributed by atoms with E-state index in [0.717, 1.165) is 48.8 Å². The zero-order valence-electron chi connectivity index (χ0n) is 21.4. The average Bonchev–Trinajstić information content (AvgIpc) is 3.39. The number of carbonyl (C=O) groups is 2. The van der Waals surface area contributed by atoms with E-state index in [0.29, 0.717) is 30.4 Å². The predicted octanol–water partition coefficient (Wildman–Crippen LogP) is 4.64. The van der Waals surface area contributed by atoms with Gasteiger partial charge in [0.2, 0.25) is 0 Å². The molecular weight excluding hydrogens is 472 g/mol. The highest BCUT2D eigenvalue weighted by atomic mass is 16.2. The molecule has 1 saturated heterocycles. The first-order chi connectivity index (χ1) is 18.7. The number of rotatable bonds is 5. The number of aromatic amines is 1. The number of fused-ring (bicyclic) bond motifs is 2. The molecule has 0 radical (unpaired) electrons. The molecule has 1 fully saturated rings. The molecule has 1 aromatic heterocycles. The van der Waals surface area contributed by atoms with Crippen molar-refractivity contribution in [3.05, 3.63) is 113 Å². The minimum absolute atomic E-state index is 0.145. The van der Waals surface area contributed by atoms with E-state index >= 15 is 0 Å². The van der Waals surface area contributed by atoms with Crippen molar-refractivity contribution in [3.8, 4) is 0 Å². The van der Waals surface area contributed by atoms with Crippen molar-refractivity contribution in [2.24, 2.45) is 0 Å². The largest absolute Gasteiger partial charge is 0.361 e. The highest BCUT2D eigenvalue weighted by molar-refractivity contribution is 6.06. The third-order valence-electron chi connectivity index (χ3n) is 7.87. The van der Waals surface area contributed by atoms with E-state index in [1.807, 2.05) is 53.6 Å². The number of nitrogens with one attached hydrogen (secondary N) is 2. The van der Waals surface area contributed by atoms with Crippen molar-refractivity contribution in [1.82, 2.24) is 20.1 Å². The second-order valence-electron chi connectivity index (χ2n) is 10.2. The molecule has 0 bridgehead atoms. The van der Waals surface area contributed by atoms with Crippen LogP contribution in [0.3, 0.4) is 0 Å². The van der Waals surface area contributed by atoms with Gasteiger partial charge in [0.1, 0.15) is 5.70 Å². The summed E-state index contributed by atoms with van der Waals surface area (Å²) < 4.78 is 0. The van der Waals surface area contributed by atoms with Gasteiger partial charge in [-0.3, -0.25) is 14.5 Å². The van der Waals surface area contributed by atoms with Gasteiger partial charge in [0.25, 0.3) is 11.8 Å². The van der Waals surface area contributed by atoms with Crippen LogP contribution in [0.2, 0.25) is 0 Å². The van der Waals surface area contributed by atoms with Crippen LogP contribution in [-0.4, -0.2) is 58.8 Å². The minimum atomic E-state index is -0.287. The average molecular weight is 505 g/mol. The molecule has 1 aliphatic heterocycles. The summed E-state index contributed by atoms with van der Waals surface area (Å²) in [4.78, 5) is 34.5. The van der Waals surface area contributed by atoms with Crippen LogP contribution < -0.4 is 5.32 Å². The Morgan fingerprint density at radius 2 is 1.55 bits per heavy atom. The summed E-state index contributed by atoms with van der Waals surface area (Å²) in [6.45, 7) is 2.96. The van der Waals surface area contributed by atoms with Crippen LogP contribution in [0.4, 0.5) is 0 Å². The lowest BCUT2D eigenvalue weighted by Gasteiger charge is -2.41. The van der Waals surface area contributed by atoms with Crippen LogP contribution in [-0.2, 0) is 17.6 Å². The van der Waals surface area contributed by atoms with E-state index in [-0.39, 0.29) is 11.8 Å². The molecule has 3 aromatic carbocycles. The Morgan fingerprint density at radius 3 is 2.37 bits per heavy atom. The standard InChI is InChI=1S/C32H32N4O2/c37-31(24-9-2-1-3-10-24)34-30(21-26-22-33-29-13-7-6-12-28(26)29)32(38)36-18-16-35(17-19-36)27-15-14-23-8-4-5-11-25(23)20-27/h1-13,21-22,27,33H,14-20H2,(H,34,37). The maximum atomic E-state index is 13.8. The highest BCUT2D eigenvalue weighted by Gasteiger charge is 2.30. The van der Waals surface area contributed by atoms with Gasteiger partial charge >= 0.3 is 0 Å². The summed E-state index contributed by atoms with van der Waals surface area (Å²) in [5, 5.41) is 3.93. The molecule has 6 rings (SSSR count). The SMILES string of the molecule is O=C(NC(=Cc1c[nH]c2ccccc12)C(=O)N1CCN(C2CCc3ccccc3C2)CC1)c1ccccc1. The van der Waals surface area contributed by atoms with Gasteiger partial charge in [-0.1, -0.05) is 60.7 Å². The van der Waals surface area contributed by atoms with Gasteiger partial charge in [0.05, 0.1) is 0 Å². The second kappa shape index (κ2) is 10.7. The summed E-state index contributed by atoms with van der Waals surface area (Å²) in [5.74, 6) is -0.433. The van der Waals surface area contributed by atoms with Gasteiger partial charge in [-0.05, 0) is 54.7 Å². The molecule has 1 unspecified atom stereocenters. The smallest absolute Gasteiger partial charge is 0.270 e. The van der Waals surface area contributed by atoms with Crippen molar-refractivity contribution in [1.29, 1.82) is 0 Å². The Kier molecular flexibility index (Phi) is 6.80. The molecule has 2 aliphatic rings. The molecule has 0 spiro atoms.